The molecule has 0 aromatic heterocycles. The minimum absolute atomic E-state index is 0.0646. The number of hydrogen-bond donors (Lipinski definition) is 2. The number of amides is 1. The van der Waals surface area contributed by atoms with Gasteiger partial charge in [0.2, 0.25) is 5.91 Å². The molecule has 1 aliphatic carbocycles. The molecular formula is C18H28N2O. The largest absolute Gasteiger partial charge is 0.353 e. The molecule has 2 N–H and O–H groups in total. The van der Waals surface area contributed by atoms with Crippen LogP contribution < -0.4 is 10.6 Å². The first-order valence-electron chi connectivity index (χ1n) is 8.15. The van der Waals surface area contributed by atoms with E-state index in [4.69, 9.17) is 0 Å². The van der Waals surface area contributed by atoms with E-state index in [0.717, 1.165) is 0 Å². The molecule has 0 bridgehead atoms. The van der Waals surface area contributed by atoms with Crippen LogP contribution in [0.5, 0.6) is 0 Å². The molecule has 0 fully saturated rings. The summed E-state index contributed by atoms with van der Waals surface area (Å²) in [5.41, 5.74) is 4.27. The minimum Gasteiger partial charge on any atom is -0.353 e. The van der Waals surface area contributed by atoms with Gasteiger partial charge < -0.3 is 5.32 Å². The van der Waals surface area contributed by atoms with Crippen molar-refractivity contribution in [1.82, 2.24) is 10.6 Å². The summed E-state index contributed by atoms with van der Waals surface area (Å²) in [6.07, 6.45) is 5.02. The fourth-order valence-electron chi connectivity index (χ4n) is 2.98. The summed E-state index contributed by atoms with van der Waals surface area (Å²) in [7, 11) is 0. The molecule has 116 valence electrons. The molecule has 21 heavy (non-hydrogen) atoms. The van der Waals surface area contributed by atoms with Gasteiger partial charge in [-0.1, -0.05) is 18.2 Å². The fraction of sp³-hybridized carbons (Fsp3) is 0.611. The lowest BCUT2D eigenvalue weighted by Gasteiger charge is -2.23. The Morgan fingerprint density at radius 2 is 1.71 bits per heavy atom. The van der Waals surface area contributed by atoms with Gasteiger partial charge in [-0.25, -0.2) is 0 Å². The Bertz CT molecular complexity index is 496. The average Bonchev–Trinajstić information content (AvgIpc) is 2.45. The molecule has 0 saturated carbocycles. The molecule has 3 nitrogen and oxygen atoms in total. The van der Waals surface area contributed by atoms with Crippen molar-refractivity contribution < 1.29 is 4.79 Å². The van der Waals surface area contributed by atoms with Gasteiger partial charge in [-0.05, 0) is 70.1 Å². The van der Waals surface area contributed by atoms with Crippen LogP contribution in [0.2, 0.25) is 0 Å². The van der Waals surface area contributed by atoms with E-state index in [2.05, 4.69) is 35.8 Å². The third-order valence-corrected chi connectivity index (χ3v) is 4.20. The van der Waals surface area contributed by atoms with Crippen LogP contribution in [0.1, 0.15) is 63.3 Å². The lowest BCUT2D eigenvalue weighted by atomic mass is 9.89. The van der Waals surface area contributed by atoms with E-state index < -0.39 is 0 Å². The van der Waals surface area contributed by atoms with Crippen molar-refractivity contribution in [2.75, 3.05) is 0 Å². The normalized spacial score (nSPS) is 17.2. The molecule has 0 radical (unpaired) electrons. The number of aryl methyl sites for hydroxylation is 2. The first-order valence-corrected chi connectivity index (χ1v) is 8.15. The maximum absolute atomic E-state index is 12.0. The number of carbonyl (C=O) groups is 1. The van der Waals surface area contributed by atoms with Gasteiger partial charge in [-0.2, -0.15) is 0 Å². The van der Waals surface area contributed by atoms with E-state index in [1.807, 2.05) is 20.8 Å². The summed E-state index contributed by atoms with van der Waals surface area (Å²) in [6, 6.07) is 6.97. The third kappa shape index (κ3) is 4.31. The van der Waals surface area contributed by atoms with Crippen molar-refractivity contribution in [3.8, 4) is 0 Å². The van der Waals surface area contributed by atoms with Crippen LogP contribution in [-0.2, 0) is 17.6 Å². The Morgan fingerprint density at radius 3 is 2.38 bits per heavy atom. The van der Waals surface area contributed by atoms with Crippen LogP contribution in [0.25, 0.3) is 0 Å². The molecule has 0 unspecified atom stereocenters. The summed E-state index contributed by atoms with van der Waals surface area (Å²) in [4.78, 5) is 12.0. The van der Waals surface area contributed by atoms with Gasteiger partial charge in [0.05, 0.1) is 6.04 Å². The molecular weight excluding hydrogens is 260 g/mol. The summed E-state index contributed by atoms with van der Waals surface area (Å²) in [5, 5.41) is 6.34. The molecule has 0 spiro atoms. The summed E-state index contributed by atoms with van der Waals surface area (Å²) < 4.78 is 0. The summed E-state index contributed by atoms with van der Waals surface area (Å²) in [5.74, 6) is 0.0646. The zero-order chi connectivity index (χ0) is 15.4. The fourth-order valence-corrected chi connectivity index (χ4v) is 2.98. The molecule has 2 rings (SSSR count). The van der Waals surface area contributed by atoms with Crippen LogP contribution in [0, 0.1) is 0 Å². The van der Waals surface area contributed by atoms with Crippen molar-refractivity contribution in [2.24, 2.45) is 0 Å². The zero-order valence-corrected chi connectivity index (χ0v) is 13.7. The van der Waals surface area contributed by atoms with Crippen LogP contribution in [-0.4, -0.2) is 18.0 Å². The van der Waals surface area contributed by atoms with Gasteiger partial charge in [0.25, 0.3) is 0 Å². The van der Waals surface area contributed by atoms with E-state index in [1.165, 1.54) is 42.4 Å². The van der Waals surface area contributed by atoms with Gasteiger partial charge in [0.1, 0.15) is 0 Å². The molecule has 1 aromatic carbocycles. The average molecular weight is 288 g/mol. The minimum atomic E-state index is -0.182. The first kappa shape index (κ1) is 16.0. The van der Waals surface area contributed by atoms with Gasteiger partial charge in [0, 0.05) is 12.1 Å². The van der Waals surface area contributed by atoms with E-state index in [-0.39, 0.29) is 24.0 Å². The smallest absolute Gasteiger partial charge is 0.237 e. The van der Waals surface area contributed by atoms with Gasteiger partial charge >= 0.3 is 0 Å². The van der Waals surface area contributed by atoms with Crippen molar-refractivity contribution in [2.45, 2.75) is 71.5 Å². The van der Waals surface area contributed by atoms with Crippen molar-refractivity contribution in [1.29, 1.82) is 0 Å². The second kappa shape index (κ2) is 7.08. The predicted octanol–water partition coefficient (Wildman–Crippen LogP) is 3.13. The molecule has 1 amide bonds. The maximum atomic E-state index is 12.0. The van der Waals surface area contributed by atoms with Crippen LogP contribution in [0.4, 0.5) is 0 Å². The lowest BCUT2D eigenvalue weighted by Crippen LogP contribution is -2.45. The van der Waals surface area contributed by atoms with Crippen LogP contribution >= 0.6 is 0 Å². The number of rotatable bonds is 5. The lowest BCUT2D eigenvalue weighted by molar-refractivity contribution is -0.123. The first-order chi connectivity index (χ1) is 9.97. The highest BCUT2D eigenvalue weighted by Crippen LogP contribution is 2.24. The monoisotopic (exact) mass is 288 g/mol. The third-order valence-electron chi connectivity index (χ3n) is 4.20. The molecule has 1 aliphatic rings. The van der Waals surface area contributed by atoms with E-state index in [1.54, 1.807) is 0 Å². The van der Waals surface area contributed by atoms with E-state index in [0.29, 0.717) is 0 Å². The quantitative estimate of drug-likeness (QED) is 0.874. The molecule has 1 aromatic rings. The Labute approximate surface area is 128 Å². The number of fused-ring (bicyclic) bond motifs is 1. The van der Waals surface area contributed by atoms with Crippen molar-refractivity contribution >= 4 is 5.91 Å². The molecule has 3 heteroatoms. The zero-order valence-electron chi connectivity index (χ0n) is 13.7. The number of hydrogen-bond acceptors (Lipinski definition) is 2. The van der Waals surface area contributed by atoms with Crippen LogP contribution in [0.15, 0.2) is 18.2 Å². The Balaban J connectivity index is 1.99. The highest BCUT2D eigenvalue weighted by Gasteiger charge is 2.18. The standard InChI is InChI=1S/C18H28N2O/c1-12(2)19-18(21)14(4)20-13(3)16-10-9-15-7-5-6-8-17(15)11-16/h9-14,20H,5-8H2,1-4H3,(H,19,21)/t13-,14-/m1/s1. The highest BCUT2D eigenvalue weighted by atomic mass is 16.2. The number of benzene rings is 1. The SMILES string of the molecule is CC(C)NC(=O)[C@@H](C)N[C@H](C)c1ccc2c(c1)CCCC2. The van der Waals surface area contributed by atoms with E-state index >= 15 is 0 Å². The summed E-state index contributed by atoms with van der Waals surface area (Å²) >= 11 is 0. The van der Waals surface area contributed by atoms with Gasteiger partial charge in [-0.15, -0.1) is 0 Å². The van der Waals surface area contributed by atoms with Gasteiger partial charge in [-0.3, -0.25) is 10.1 Å². The molecule has 0 aliphatic heterocycles. The second-order valence-corrected chi connectivity index (χ2v) is 6.51. The molecule has 2 atom stereocenters. The topological polar surface area (TPSA) is 41.1 Å². The van der Waals surface area contributed by atoms with E-state index in [9.17, 15) is 4.79 Å². The van der Waals surface area contributed by atoms with Crippen molar-refractivity contribution in [3.63, 3.8) is 0 Å². The summed E-state index contributed by atoms with van der Waals surface area (Å²) in [6.45, 7) is 8.02. The van der Waals surface area contributed by atoms with Gasteiger partial charge in [0.15, 0.2) is 0 Å². The Hall–Kier alpha value is -1.35. The highest BCUT2D eigenvalue weighted by molar-refractivity contribution is 5.81. The molecule has 0 heterocycles. The molecule has 0 saturated heterocycles. The Kier molecular flexibility index (Phi) is 5.40. The maximum Gasteiger partial charge on any atom is 0.237 e. The predicted molar refractivity (Wildman–Crippen MR) is 87.4 cm³/mol. The second-order valence-electron chi connectivity index (χ2n) is 6.51. The Morgan fingerprint density at radius 1 is 1.05 bits per heavy atom. The number of carbonyl (C=O) groups excluding carboxylic acids is 1. The van der Waals surface area contributed by atoms with Crippen molar-refractivity contribution in [3.05, 3.63) is 34.9 Å². The number of nitrogens with one attached hydrogen (secondary N) is 2. The van der Waals surface area contributed by atoms with Crippen LogP contribution in [0.3, 0.4) is 0 Å².